The van der Waals surface area contributed by atoms with Crippen LogP contribution in [0.5, 0.6) is 0 Å². The van der Waals surface area contributed by atoms with E-state index in [1.165, 1.54) is 12.8 Å². The number of aryl methyl sites for hydroxylation is 2. The number of carbonyl (C=O) groups excluding carboxylic acids is 1. The molecule has 2 fully saturated rings. The van der Waals surface area contributed by atoms with Crippen molar-refractivity contribution in [1.82, 2.24) is 20.4 Å². The number of hydrogen-bond acceptors (Lipinski definition) is 4. The van der Waals surface area contributed by atoms with Gasteiger partial charge in [0.05, 0.1) is 23.6 Å². The summed E-state index contributed by atoms with van der Waals surface area (Å²) in [6.07, 6.45) is 2.55. The molecule has 2 atom stereocenters. The highest BCUT2D eigenvalue weighted by atomic mass is 16.2. The fourth-order valence-corrected chi connectivity index (χ4v) is 3.38. The van der Waals surface area contributed by atoms with Crippen LogP contribution in [0.2, 0.25) is 0 Å². The summed E-state index contributed by atoms with van der Waals surface area (Å²) < 4.78 is 0. The van der Waals surface area contributed by atoms with E-state index < -0.39 is 0 Å². The van der Waals surface area contributed by atoms with Crippen molar-refractivity contribution < 1.29 is 4.79 Å². The second-order valence-corrected chi connectivity index (χ2v) is 6.01. The maximum absolute atomic E-state index is 12.2. The van der Waals surface area contributed by atoms with E-state index in [0.29, 0.717) is 18.5 Å². The second-order valence-electron chi connectivity index (χ2n) is 6.01. The molecule has 0 unspecified atom stereocenters. The monoisotopic (exact) mass is 277 g/mol. The van der Waals surface area contributed by atoms with Crippen LogP contribution in [0.3, 0.4) is 0 Å². The third kappa shape index (κ3) is 2.71. The Balaban J connectivity index is 1.55. The molecule has 1 aromatic rings. The predicted octanol–water partition coefficient (Wildman–Crippen LogP) is 0.649. The maximum Gasteiger partial charge on any atom is 0.238 e. The first-order valence-electron chi connectivity index (χ1n) is 7.40. The van der Waals surface area contributed by atoms with Crippen LogP contribution in [0.25, 0.3) is 0 Å². The third-order valence-electron chi connectivity index (χ3n) is 4.43. The summed E-state index contributed by atoms with van der Waals surface area (Å²) >= 11 is 0. The van der Waals surface area contributed by atoms with E-state index >= 15 is 0 Å². The van der Waals surface area contributed by atoms with E-state index in [0.717, 1.165) is 36.7 Å². The van der Waals surface area contributed by atoms with Crippen LogP contribution < -0.4 is 10.6 Å². The molecule has 0 bridgehead atoms. The van der Waals surface area contributed by atoms with Gasteiger partial charge in [0.15, 0.2) is 0 Å². The Morgan fingerprint density at radius 1 is 1.45 bits per heavy atom. The summed E-state index contributed by atoms with van der Waals surface area (Å²) in [5.74, 6) is 0.769. The van der Waals surface area contributed by atoms with Crippen molar-refractivity contribution in [1.29, 1.82) is 0 Å². The largest absolute Gasteiger partial charge is 0.322 e. The van der Waals surface area contributed by atoms with Crippen LogP contribution in [0.1, 0.15) is 24.2 Å². The quantitative estimate of drug-likeness (QED) is 0.758. The average Bonchev–Trinajstić information content (AvgIpc) is 2.96. The third-order valence-corrected chi connectivity index (χ3v) is 4.43. The number of anilines is 1. The molecule has 1 aromatic heterocycles. The average molecular weight is 277 g/mol. The van der Waals surface area contributed by atoms with Gasteiger partial charge in [-0.25, -0.2) is 0 Å². The summed E-state index contributed by atoms with van der Waals surface area (Å²) in [5.41, 5.74) is 2.57. The van der Waals surface area contributed by atoms with Crippen molar-refractivity contribution in [3.8, 4) is 0 Å². The Morgan fingerprint density at radius 2 is 2.30 bits per heavy atom. The zero-order valence-electron chi connectivity index (χ0n) is 12.2. The Morgan fingerprint density at radius 3 is 3.00 bits per heavy atom. The summed E-state index contributed by atoms with van der Waals surface area (Å²) in [6, 6.07) is 0.578. The van der Waals surface area contributed by atoms with Gasteiger partial charge in [0, 0.05) is 19.1 Å². The minimum absolute atomic E-state index is 0.0521. The summed E-state index contributed by atoms with van der Waals surface area (Å²) in [4.78, 5) is 14.4. The lowest BCUT2D eigenvalue weighted by molar-refractivity contribution is -0.117. The number of aromatic nitrogens is 2. The van der Waals surface area contributed by atoms with Gasteiger partial charge in [0.2, 0.25) is 5.91 Å². The van der Waals surface area contributed by atoms with Gasteiger partial charge in [-0.3, -0.25) is 14.8 Å². The zero-order valence-corrected chi connectivity index (χ0v) is 12.2. The molecule has 20 heavy (non-hydrogen) atoms. The van der Waals surface area contributed by atoms with Crippen molar-refractivity contribution in [2.75, 3.05) is 31.5 Å². The molecule has 0 spiro atoms. The molecule has 1 amide bonds. The van der Waals surface area contributed by atoms with Gasteiger partial charge in [-0.05, 0) is 39.2 Å². The van der Waals surface area contributed by atoms with Crippen molar-refractivity contribution in [2.24, 2.45) is 5.92 Å². The minimum Gasteiger partial charge on any atom is -0.322 e. The highest BCUT2D eigenvalue weighted by Crippen LogP contribution is 2.24. The normalized spacial score (nSPS) is 26.5. The molecule has 0 aliphatic carbocycles. The van der Waals surface area contributed by atoms with Gasteiger partial charge in [-0.1, -0.05) is 0 Å². The smallest absolute Gasteiger partial charge is 0.238 e. The fraction of sp³-hybridized carbons (Fsp3) is 0.714. The van der Waals surface area contributed by atoms with Crippen LogP contribution in [-0.2, 0) is 4.79 Å². The minimum atomic E-state index is 0.0521. The molecule has 3 heterocycles. The number of fused-ring (bicyclic) bond motifs is 1. The molecular weight excluding hydrogens is 254 g/mol. The van der Waals surface area contributed by atoms with Crippen LogP contribution in [0, 0.1) is 19.8 Å². The summed E-state index contributed by atoms with van der Waals surface area (Å²) in [6.45, 7) is 7.43. The number of carbonyl (C=O) groups is 1. The number of likely N-dealkylation sites (tertiary alicyclic amines) is 1. The van der Waals surface area contributed by atoms with Crippen LogP contribution >= 0.6 is 0 Å². The Bertz CT molecular complexity index is 464. The second kappa shape index (κ2) is 5.54. The molecule has 2 aliphatic heterocycles. The van der Waals surface area contributed by atoms with Gasteiger partial charge in [-0.15, -0.1) is 0 Å². The van der Waals surface area contributed by atoms with Crippen LogP contribution in [0.4, 0.5) is 5.69 Å². The zero-order chi connectivity index (χ0) is 14.1. The predicted molar refractivity (Wildman–Crippen MR) is 77.6 cm³/mol. The number of nitrogens with zero attached hydrogens (tertiary/aromatic N) is 2. The lowest BCUT2D eigenvalue weighted by Crippen LogP contribution is -2.41. The maximum atomic E-state index is 12.2. The number of aromatic amines is 1. The van der Waals surface area contributed by atoms with E-state index in [4.69, 9.17) is 0 Å². The van der Waals surface area contributed by atoms with Crippen molar-refractivity contribution in [2.45, 2.75) is 32.7 Å². The van der Waals surface area contributed by atoms with Crippen molar-refractivity contribution >= 4 is 11.6 Å². The SMILES string of the molecule is Cc1n[nH]c(C)c1NC(=O)CN1C[C@@H]2CCCN[C@@H]2C1. The van der Waals surface area contributed by atoms with Gasteiger partial charge in [0.1, 0.15) is 0 Å². The lowest BCUT2D eigenvalue weighted by Gasteiger charge is -2.24. The fourth-order valence-electron chi connectivity index (χ4n) is 3.38. The molecule has 3 N–H and O–H groups in total. The first kappa shape index (κ1) is 13.6. The number of amides is 1. The first-order valence-corrected chi connectivity index (χ1v) is 7.40. The van der Waals surface area contributed by atoms with Crippen LogP contribution in [0.15, 0.2) is 0 Å². The van der Waals surface area contributed by atoms with E-state index in [-0.39, 0.29) is 5.91 Å². The van der Waals surface area contributed by atoms with Crippen LogP contribution in [-0.4, -0.2) is 53.2 Å². The van der Waals surface area contributed by atoms with Gasteiger partial charge < -0.3 is 10.6 Å². The van der Waals surface area contributed by atoms with Crippen molar-refractivity contribution in [3.63, 3.8) is 0 Å². The molecular formula is C14H23N5O. The van der Waals surface area contributed by atoms with E-state index in [1.54, 1.807) is 0 Å². The molecule has 0 saturated carbocycles. The molecule has 110 valence electrons. The Hall–Kier alpha value is -1.40. The van der Waals surface area contributed by atoms with Gasteiger partial charge in [0.25, 0.3) is 0 Å². The number of hydrogen-bond donors (Lipinski definition) is 3. The topological polar surface area (TPSA) is 73.0 Å². The Labute approximate surface area is 119 Å². The number of rotatable bonds is 3. The number of piperidine rings is 1. The van der Waals surface area contributed by atoms with Gasteiger partial charge >= 0.3 is 0 Å². The van der Waals surface area contributed by atoms with E-state index in [9.17, 15) is 4.79 Å². The first-order chi connectivity index (χ1) is 9.63. The Kier molecular flexibility index (Phi) is 3.76. The van der Waals surface area contributed by atoms with Crippen molar-refractivity contribution in [3.05, 3.63) is 11.4 Å². The highest BCUT2D eigenvalue weighted by Gasteiger charge is 2.34. The van der Waals surface area contributed by atoms with Gasteiger partial charge in [-0.2, -0.15) is 5.10 Å². The molecule has 2 saturated heterocycles. The standard InChI is InChI=1S/C14H23N5O/c1-9-14(10(2)18-17-9)16-13(20)8-19-6-11-4-3-5-15-12(11)7-19/h11-12,15H,3-8H2,1-2H3,(H,16,20)(H,17,18)/t11-,12+/m0/s1. The molecule has 0 radical (unpaired) electrons. The van der Waals surface area contributed by atoms with E-state index in [2.05, 4.69) is 25.7 Å². The number of nitrogens with one attached hydrogen (secondary N) is 3. The summed E-state index contributed by atoms with van der Waals surface area (Å²) in [7, 11) is 0. The van der Waals surface area contributed by atoms with E-state index in [1.807, 2.05) is 13.8 Å². The molecule has 2 aliphatic rings. The molecule has 6 nitrogen and oxygen atoms in total. The highest BCUT2D eigenvalue weighted by molar-refractivity contribution is 5.93. The molecule has 3 rings (SSSR count). The summed E-state index contributed by atoms with van der Waals surface area (Å²) in [5, 5.41) is 13.5. The molecule has 6 heteroatoms. The molecule has 0 aromatic carbocycles. The number of H-pyrrole nitrogens is 1. The lowest BCUT2D eigenvalue weighted by atomic mass is 9.94.